The first kappa shape index (κ1) is 12.7. The van der Waals surface area contributed by atoms with E-state index in [0.717, 1.165) is 12.8 Å². The first-order chi connectivity index (χ1) is 8.08. The van der Waals surface area contributed by atoms with Crippen LogP contribution in [-0.4, -0.2) is 35.1 Å². The zero-order chi connectivity index (χ0) is 12.4. The molecule has 0 radical (unpaired) electrons. The van der Waals surface area contributed by atoms with Crippen LogP contribution in [0.5, 0.6) is 0 Å². The van der Waals surface area contributed by atoms with Crippen LogP contribution < -0.4 is 0 Å². The Kier molecular flexibility index (Phi) is 3.92. The fourth-order valence-corrected chi connectivity index (χ4v) is 2.25. The summed E-state index contributed by atoms with van der Waals surface area (Å²) in [6.07, 6.45) is 1.16. The third-order valence-corrected chi connectivity index (χ3v) is 3.59. The van der Waals surface area contributed by atoms with E-state index in [2.05, 4.69) is 0 Å². The Morgan fingerprint density at radius 3 is 2.76 bits per heavy atom. The molecule has 0 saturated carbocycles. The minimum Gasteiger partial charge on any atom is -0.391 e. The van der Waals surface area contributed by atoms with Crippen LogP contribution in [0.25, 0.3) is 0 Å². The molecule has 1 aromatic carbocycles. The monoisotopic (exact) mass is 273 g/mol. The predicted octanol–water partition coefficient (Wildman–Crippen LogP) is 2.59. The van der Waals surface area contributed by atoms with Crippen molar-refractivity contribution < 1.29 is 9.90 Å². The van der Waals surface area contributed by atoms with E-state index in [1.807, 2.05) is 0 Å². The van der Waals surface area contributed by atoms with Crippen LogP contribution in [0.2, 0.25) is 10.0 Å². The number of aliphatic hydroxyl groups is 1. The lowest BCUT2D eigenvalue weighted by atomic mass is 10.1. The maximum atomic E-state index is 12.1. The van der Waals surface area contributed by atoms with Gasteiger partial charge in [-0.1, -0.05) is 23.2 Å². The van der Waals surface area contributed by atoms with Crippen molar-refractivity contribution in [3.8, 4) is 0 Å². The fraction of sp³-hybridized carbons (Fsp3) is 0.417. The number of piperidine rings is 1. The summed E-state index contributed by atoms with van der Waals surface area (Å²) in [5, 5.41) is 10.3. The Morgan fingerprint density at radius 2 is 2.12 bits per heavy atom. The van der Waals surface area contributed by atoms with Gasteiger partial charge in [0.25, 0.3) is 5.91 Å². The van der Waals surface area contributed by atoms with Crippen molar-refractivity contribution in [1.82, 2.24) is 4.90 Å². The summed E-state index contributed by atoms with van der Waals surface area (Å²) in [4.78, 5) is 13.8. The molecule has 3 nitrogen and oxygen atoms in total. The second kappa shape index (κ2) is 5.25. The number of aliphatic hydroxyl groups excluding tert-OH is 1. The maximum Gasteiger partial charge on any atom is 0.253 e. The highest BCUT2D eigenvalue weighted by molar-refractivity contribution is 6.42. The summed E-state index contributed by atoms with van der Waals surface area (Å²) < 4.78 is 0. The number of halogens is 2. The van der Waals surface area contributed by atoms with Crippen LogP contribution in [0.3, 0.4) is 0 Å². The largest absolute Gasteiger partial charge is 0.391 e. The molecule has 1 amide bonds. The SMILES string of the molecule is O=C(c1ccc(Cl)c(Cl)c1)N1CCCC(O)C1. The Bertz CT molecular complexity index is 437. The second-order valence-electron chi connectivity index (χ2n) is 4.18. The van der Waals surface area contributed by atoms with Crippen molar-refractivity contribution >= 4 is 29.1 Å². The predicted molar refractivity (Wildman–Crippen MR) is 67.6 cm³/mol. The molecule has 1 fully saturated rings. The van der Waals surface area contributed by atoms with Crippen LogP contribution >= 0.6 is 23.2 Å². The van der Waals surface area contributed by atoms with E-state index in [1.54, 1.807) is 23.1 Å². The third kappa shape index (κ3) is 2.92. The maximum absolute atomic E-state index is 12.1. The van der Waals surface area contributed by atoms with Crippen molar-refractivity contribution in [1.29, 1.82) is 0 Å². The van der Waals surface area contributed by atoms with E-state index < -0.39 is 6.10 Å². The molecule has 1 aromatic rings. The molecule has 92 valence electrons. The van der Waals surface area contributed by atoms with E-state index in [0.29, 0.717) is 28.7 Å². The zero-order valence-corrected chi connectivity index (χ0v) is 10.7. The van der Waals surface area contributed by atoms with Gasteiger partial charge in [-0.15, -0.1) is 0 Å². The highest BCUT2D eigenvalue weighted by atomic mass is 35.5. The quantitative estimate of drug-likeness (QED) is 0.855. The van der Waals surface area contributed by atoms with Crippen LogP contribution in [0.15, 0.2) is 18.2 Å². The molecule has 1 heterocycles. The van der Waals surface area contributed by atoms with Crippen LogP contribution in [-0.2, 0) is 0 Å². The molecule has 1 saturated heterocycles. The summed E-state index contributed by atoms with van der Waals surface area (Å²) in [5.74, 6) is -0.109. The number of benzene rings is 1. The van der Waals surface area contributed by atoms with Gasteiger partial charge in [0.05, 0.1) is 16.1 Å². The molecule has 1 atom stereocenters. The van der Waals surface area contributed by atoms with E-state index in [1.165, 1.54) is 0 Å². The Hall–Kier alpha value is -0.770. The molecule has 1 unspecified atom stereocenters. The summed E-state index contributed by atoms with van der Waals surface area (Å²) in [6.45, 7) is 1.06. The number of amides is 1. The lowest BCUT2D eigenvalue weighted by molar-refractivity contribution is 0.0474. The van der Waals surface area contributed by atoms with Gasteiger partial charge in [-0.2, -0.15) is 0 Å². The van der Waals surface area contributed by atoms with Gasteiger partial charge in [-0.3, -0.25) is 4.79 Å². The standard InChI is InChI=1S/C12H13Cl2NO2/c13-10-4-3-8(6-11(10)14)12(17)15-5-1-2-9(16)7-15/h3-4,6,9,16H,1-2,5,7H2. The van der Waals surface area contributed by atoms with Gasteiger partial charge in [0, 0.05) is 18.7 Å². The number of carbonyl (C=O) groups excluding carboxylic acids is 1. The van der Waals surface area contributed by atoms with Gasteiger partial charge in [0.1, 0.15) is 0 Å². The highest BCUT2D eigenvalue weighted by Crippen LogP contribution is 2.24. The van der Waals surface area contributed by atoms with Crippen molar-refractivity contribution in [3.63, 3.8) is 0 Å². The van der Waals surface area contributed by atoms with Crippen molar-refractivity contribution in [2.75, 3.05) is 13.1 Å². The highest BCUT2D eigenvalue weighted by Gasteiger charge is 2.23. The number of hydrogen-bond acceptors (Lipinski definition) is 2. The fourth-order valence-electron chi connectivity index (χ4n) is 1.95. The van der Waals surface area contributed by atoms with Crippen molar-refractivity contribution in [3.05, 3.63) is 33.8 Å². The Balaban J connectivity index is 2.15. The average Bonchev–Trinajstić information content (AvgIpc) is 2.32. The molecule has 1 aliphatic rings. The third-order valence-electron chi connectivity index (χ3n) is 2.85. The van der Waals surface area contributed by atoms with E-state index in [4.69, 9.17) is 23.2 Å². The molecule has 17 heavy (non-hydrogen) atoms. The molecule has 0 bridgehead atoms. The summed E-state index contributed by atoms with van der Waals surface area (Å²) >= 11 is 11.7. The van der Waals surface area contributed by atoms with Gasteiger partial charge in [0.15, 0.2) is 0 Å². The second-order valence-corrected chi connectivity index (χ2v) is 4.99. The smallest absolute Gasteiger partial charge is 0.253 e. The summed E-state index contributed by atoms with van der Waals surface area (Å²) in [5.41, 5.74) is 0.508. The number of likely N-dealkylation sites (tertiary alicyclic amines) is 1. The number of β-amino-alcohol motifs (C(OH)–C–C–N with tert-alkyl or cyclic N) is 1. The lowest BCUT2D eigenvalue weighted by Gasteiger charge is -2.30. The average molecular weight is 274 g/mol. The first-order valence-electron chi connectivity index (χ1n) is 5.50. The summed E-state index contributed by atoms with van der Waals surface area (Å²) in [6, 6.07) is 4.82. The van der Waals surface area contributed by atoms with Gasteiger partial charge < -0.3 is 10.0 Å². The lowest BCUT2D eigenvalue weighted by Crippen LogP contribution is -2.42. The van der Waals surface area contributed by atoms with E-state index >= 15 is 0 Å². The normalized spacial score (nSPS) is 20.4. The molecular weight excluding hydrogens is 261 g/mol. The van der Waals surface area contributed by atoms with E-state index in [9.17, 15) is 9.90 Å². The topological polar surface area (TPSA) is 40.5 Å². The van der Waals surface area contributed by atoms with Gasteiger partial charge in [-0.25, -0.2) is 0 Å². The minimum atomic E-state index is -0.421. The molecule has 0 aromatic heterocycles. The van der Waals surface area contributed by atoms with E-state index in [-0.39, 0.29) is 5.91 Å². The van der Waals surface area contributed by atoms with Gasteiger partial charge >= 0.3 is 0 Å². The molecule has 5 heteroatoms. The van der Waals surface area contributed by atoms with Crippen molar-refractivity contribution in [2.24, 2.45) is 0 Å². The number of hydrogen-bond donors (Lipinski definition) is 1. The van der Waals surface area contributed by atoms with Gasteiger partial charge in [-0.05, 0) is 31.0 Å². The van der Waals surface area contributed by atoms with Gasteiger partial charge in [0.2, 0.25) is 0 Å². The minimum absolute atomic E-state index is 0.109. The molecule has 0 spiro atoms. The molecular formula is C12H13Cl2NO2. The number of carbonyl (C=O) groups is 1. The number of nitrogens with zero attached hydrogens (tertiary/aromatic N) is 1. The molecule has 1 N–H and O–H groups in total. The van der Waals surface area contributed by atoms with Crippen molar-refractivity contribution in [2.45, 2.75) is 18.9 Å². The van der Waals surface area contributed by atoms with Crippen LogP contribution in [0, 0.1) is 0 Å². The molecule has 2 rings (SSSR count). The van der Waals surface area contributed by atoms with Crippen LogP contribution in [0.4, 0.5) is 0 Å². The zero-order valence-electron chi connectivity index (χ0n) is 9.20. The molecule has 0 aliphatic carbocycles. The molecule has 1 aliphatic heterocycles. The Morgan fingerprint density at radius 1 is 1.35 bits per heavy atom. The van der Waals surface area contributed by atoms with Crippen LogP contribution in [0.1, 0.15) is 23.2 Å². The Labute approximate surface area is 110 Å². The summed E-state index contributed by atoms with van der Waals surface area (Å²) in [7, 11) is 0. The first-order valence-corrected chi connectivity index (χ1v) is 6.26. The number of rotatable bonds is 1.